The van der Waals surface area contributed by atoms with E-state index in [1.165, 1.54) is 19.3 Å². The molecule has 0 atom stereocenters. The van der Waals surface area contributed by atoms with Crippen LogP contribution < -0.4 is 4.90 Å². The minimum absolute atomic E-state index is 0.143. The van der Waals surface area contributed by atoms with Crippen molar-refractivity contribution in [2.75, 3.05) is 51.2 Å². The van der Waals surface area contributed by atoms with Crippen LogP contribution in [-0.4, -0.2) is 67.0 Å². The van der Waals surface area contributed by atoms with Gasteiger partial charge in [-0.15, -0.1) is 0 Å². The summed E-state index contributed by atoms with van der Waals surface area (Å²) in [5.41, 5.74) is 0.772. The number of likely N-dealkylation sites (N-methyl/N-ethyl adjacent to an activating group) is 1. The van der Waals surface area contributed by atoms with Crippen LogP contribution in [0.4, 0.5) is 5.82 Å². The molecule has 120 valence electrons. The molecule has 1 aromatic heterocycles. The van der Waals surface area contributed by atoms with Crippen molar-refractivity contribution in [2.45, 2.75) is 25.7 Å². The van der Waals surface area contributed by atoms with Crippen LogP contribution >= 0.6 is 0 Å². The summed E-state index contributed by atoms with van der Waals surface area (Å²) >= 11 is 0. The zero-order chi connectivity index (χ0) is 15.4. The van der Waals surface area contributed by atoms with E-state index in [0.717, 1.165) is 57.1 Å². The van der Waals surface area contributed by atoms with E-state index in [-0.39, 0.29) is 5.91 Å². The quantitative estimate of drug-likeness (QED) is 0.836. The minimum atomic E-state index is 0.143. The van der Waals surface area contributed by atoms with Gasteiger partial charge < -0.3 is 14.7 Å². The topological polar surface area (TPSA) is 39.7 Å². The maximum atomic E-state index is 13.0. The van der Waals surface area contributed by atoms with E-state index in [0.29, 0.717) is 0 Å². The number of amides is 1. The van der Waals surface area contributed by atoms with Crippen LogP contribution in [0.25, 0.3) is 0 Å². The third-order valence-corrected chi connectivity index (χ3v) is 4.68. The number of carbonyl (C=O) groups is 1. The molecular weight excluding hydrogens is 276 g/mol. The van der Waals surface area contributed by atoms with Gasteiger partial charge in [-0.05, 0) is 51.4 Å². The highest BCUT2D eigenvalue weighted by Crippen LogP contribution is 2.23. The van der Waals surface area contributed by atoms with Crippen molar-refractivity contribution in [2.24, 2.45) is 0 Å². The lowest BCUT2D eigenvalue weighted by Gasteiger charge is -2.30. The van der Waals surface area contributed by atoms with E-state index in [1.54, 1.807) is 6.20 Å². The molecule has 3 heterocycles. The Kier molecular flexibility index (Phi) is 4.93. The van der Waals surface area contributed by atoms with Gasteiger partial charge in [-0.25, -0.2) is 4.98 Å². The van der Waals surface area contributed by atoms with E-state index in [9.17, 15) is 4.79 Å². The Bertz CT molecular complexity index is 513. The molecule has 1 amide bonds. The first-order valence-corrected chi connectivity index (χ1v) is 8.43. The zero-order valence-electron chi connectivity index (χ0n) is 13.5. The fourth-order valence-corrected chi connectivity index (χ4v) is 3.34. The fourth-order valence-electron chi connectivity index (χ4n) is 3.34. The number of aromatic nitrogens is 1. The van der Waals surface area contributed by atoms with Crippen LogP contribution in [0.3, 0.4) is 0 Å². The zero-order valence-corrected chi connectivity index (χ0v) is 13.5. The molecule has 0 saturated carbocycles. The largest absolute Gasteiger partial charge is 0.356 e. The van der Waals surface area contributed by atoms with Crippen molar-refractivity contribution in [3.63, 3.8) is 0 Å². The molecule has 5 nitrogen and oxygen atoms in total. The smallest absolute Gasteiger partial charge is 0.257 e. The third-order valence-electron chi connectivity index (χ3n) is 4.68. The van der Waals surface area contributed by atoms with Gasteiger partial charge in [-0.3, -0.25) is 4.79 Å². The first-order valence-electron chi connectivity index (χ1n) is 8.43. The molecule has 2 aliphatic rings. The SMILES string of the molecule is CN1CCCN(C(=O)c2cccnc2N2CCCCC2)CC1. The highest BCUT2D eigenvalue weighted by molar-refractivity contribution is 5.99. The molecule has 0 spiro atoms. The molecule has 0 aliphatic carbocycles. The molecule has 3 rings (SSSR count). The Morgan fingerprint density at radius 1 is 1.00 bits per heavy atom. The van der Waals surface area contributed by atoms with Gasteiger partial charge >= 0.3 is 0 Å². The number of nitrogens with zero attached hydrogens (tertiary/aromatic N) is 4. The molecular formula is C17H26N4O. The first-order chi connectivity index (χ1) is 10.8. The number of pyridine rings is 1. The lowest BCUT2D eigenvalue weighted by atomic mass is 10.1. The molecule has 0 N–H and O–H groups in total. The van der Waals surface area contributed by atoms with E-state index in [4.69, 9.17) is 0 Å². The summed E-state index contributed by atoms with van der Waals surface area (Å²) < 4.78 is 0. The van der Waals surface area contributed by atoms with Gasteiger partial charge in [0.1, 0.15) is 5.82 Å². The average Bonchev–Trinajstić information content (AvgIpc) is 2.80. The summed E-state index contributed by atoms with van der Waals surface area (Å²) in [4.78, 5) is 24.1. The molecule has 0 unspecified atom stereocenters. The summed E-state index contributed by atoms with van der Waals surface area (Å²) in [6.07, 6.45) is 6.51. The Morgan fingerprint density at radius 3 is 2.64 bits per heavy atom. The van der Waals surface area contributed by atoms with Gasteiger partial charge in [-0.1, -0.05) is 0 Å². The second-order valence-electron chi connectivity index (χ2n) is 6.37. The molecule has 0 bridgehead atoms. The highest BCUT2D eigenvalue weighted by atomic mass is 16.2. The molecule has 22 heavy (non-hydrogen) atoms. The number of rotatable bonds is 2. The van der Waals surface area contributed by atoms with Gasteiger partial charge in [-0.2, -0.15) is 0 Å². The maximum absolute atomic E-state index is 13.0. The Balaban J connectivity index is 1.79. The lowest BCUT2D eigenvalue weighted by Crippen LogP contribution is -2.37. The predicted octanol–water partition coefficient (Wildman–Crippen LogP) is 1.85. The molecule has 2 aliphatic heterocycles. The summed E-state index contributed by atoms with van der Waals surface area (Å²) in [6, 6.07) is 3.82. The van der Waals surface area contributed by atoms with Crippen molar-refractivity contribution >= 4 is 11.7 Å². The maximum Gasteiger partial charge on any atom is 0.257 e. The van der Waals surface area contributed by atoms with E-state index in [2.05, 4.69) is 21.8 Å². The van der Waals surface area contributed by atoms with Gasteiger partial charge in [0.05, 0.1) is 5.56 Å². The fraction of sp³-hybridized carbons (Fsp3) is 0.647. The summed E-state index contributed by atoms with van der Waals surface area (Å²) in [5, 5.41) is 0. The van der Waals surface area contributed by atoms with Crippen LogP contribution in [0.1, 0.15) is 36.0 Å². The van der Waals surface area contributed by atoms with E-state index in [1.807, 2.05) is 17.0 Å². The lowest BCUT2D eigenvalue weighted by molar-refractivity contribution is 0.0763. The van der Waals surface area contributed by atoms with Crippen LogP contribution in [-0.2, 0) is 0 Å². The van der Waals surface area contributed by atoms with Crippen molar-refractivity contribution < 1.29 is 4.79 Å². The second-order valence-corrected chi connectivity index (χ2v) is 6.37. The number of anilines is 1. The second kappa shape index (κ2) is 7.09. The predicted molar refractivity (Wildman–Crippen MR) is 88.3 cm³/mol. The van der Waals surface area contributed by atoms with Crippen molar-refractivity contribution in [1.29, 1.82) is 0 Å². The average molecular weight is 302 g/mol. The number of carbonyl (C=O) groups excluding carboxylic acids is 1. The van der Waals surface area contributed by atoms with Crippen LogP contribution in [0, 0.1) is 0 Å². The van der Waals surface area contributed by atoms with Crippen molar-refractivity contribution in [3.8, 4) is 0 Å². The standard InChI is InChI=1S/C17H26N4O/c1-19-9-6-12-21(14-13-19)17(22)15-7-5-8-18-16(15)20-10-3-2-4-11-20/h5,7-8H,2-4,6,9-14H2,1H3. The molecule has 5 heteroatoms. The number of piperidine rings is 1. The first kappa shape index (κ1) is 15.3. The molecule has 0 radical (unpaired) electrons. The van der Waals surface area contributed by atoms with Crippen LogP contribution in [0.15, 0.2) is 18.3 Å². The summed E-state index contributed by atoms with van der Waals surface area (Å²) in [6.45, 7) is 5.70. The van der Waals surface area contributed by atoms with Crippen LogP contribution in [0.2, 0.25) is 0 Å². The minimum Gasteiger partial charge on any atom is -0.356 e. The highest BCUT2D eigenvalue weighted by Gasteiger charge is 2.24. The van der Waals surface area contributed by atoms with Gasteiger partial charge in [0, 0.05) is 38.9 Å². The van der Waals surface area contributed by atoms with Crippen LogP contribution in [0.5, 0.6) is 0 Å². The Labute approximate surface area is 132 Å². The van der Waals surface area contributed by atoms with Gasteiger partial charge in [0.25, 0.3) is 5.91 Å². The van der Waals surface area contributed by atoms with Crippen molar-refractivity contribution in [3.05, 3.63) is 23.9 Å². The molecule has 2 saturated heterocycles. The number of hydrogen-bond acceptors (Lipinski definition) is 4. The van der Waals surface area contributed by atoms with Gasteiger partial charge in [0.2, 0.25) is 0 Å². The third kappa shape index (κ3) is 3.40. The molecule has 0 aromatic carbocycles. The van der Waals surface area contributed by atoms with Crippen molar-refractivity contribution in [1.82, 2.24) is 14.8 Å². The summed E-state index contributed by atoms with van der Waals surface area (Å²) in [5.74, 6) is 1.02. The number of hydrogen-bond donors (Lipinski definition) is 0. The van der Waals surface area contributed by atoms with Gasteiger partial charge in [0.15, 0.2) is 0 Å². The Morgan fingerprint density at radius 2 is 1.82 bits per heavy atom. The monoisotopic (exact) mass is 302 g/mol. The molecule has 2 fully saturated rings. The van der Waals surface area contributed by atoms with E-state index >= 15 is 0 Å². The summed E-state index contributed by atoms with van der Waals surface area (Å²) in [7, 11) is 2.12. The molecule has 1 aromatic rings. The van der Waals surface area contributed by atoms with E-state index < -0.39 is 0 Å². The Hall–Kier alpha value is -1.62. The normalized spacial score (nSPS) is 20.8.